The highest BCUT2D eigenvalue weighted by molar-refractivity contribution is 5.52. The van der Waals surface area contributed by atoms with E-state index in [4.69, 9.17) is 0 Å². The zero-order valence-electron chi connectivity index (χ0n) is 14.2. The number of unbranched alkanes of at least 4 members (excludes halogenated alkanes) is 2. The van der Waals surface area contributed by atoms with Crippen molar-refractivity contribution in [1.29, 1.82) is 0 Å². The molecular weight excluding hydrogens is 284 g/mol. The molecule has 0 saturated carbocycles. The van der Waals surface area contributed by atoms with Gasteiger partial charge in [-0.1, -0.05) is 26.7 Å². The largest absolute Gasteiger partial charge is 0.372 e. The van der Waals surface area contributed by atoms with Crippen LogP contribution in [0.4, 0.5) is 17.1 Å². The molecule has 23 heavy (non-hydrogen) atoms. The molecule has 122 valence electrons. The Bertz CT molecular complexity index is 570. The lowest BCUT2D eigenvalue weighted by Crippen LogP contribution is -2.25. The fourth-order valence-electron chi connectivity index (χ4n) is 2.32. The average molecular weight is 310 g/mol. The van der Waals surface area contributed by atoms with Crippen LogP contribution in [0.25, 0.3) is 0 Å². The van der Waals surface area contributed by atoms with Crippen LogP contribution in [0, 0.1) is 0 Å². The molecule has 0 radical (unpaired) electrons. The van der Waals surface area contributed by atoms with E-state index in [-0.39, 0.29) is 0 Å². The molecule has 0 N–H and O–H groups in total. The number of pyridine rings is 1. The molecule has 0 bridgehead atoms. The first kappa shape index (κ1) is 17.1. The van der Waals surface area contributed by atoms with Crippen molar-refractivity contribution in [3.05, 3.63) is 48.8 Å². The summed E-state index contributed by atoms with van der Waals surface area (Å²) < 4.78 is 0. The second kappa shape index (κ2) is 9.72. The first-order valence-electron chi connectivity index (χ1n) is 8.50. The topological polar surface area (TPSA) is 40.9 Å². The molecule has 0 atom stereocenters. The summed E-state index contributed by atoms with van der Waals surface area (Å²) in [6, 6.07) is 12.0. The molecule has 1 aromatic heterocycles. The number of anilines is 1. The van der Waals surface area contributed by atoms with E-state index >= 15 is 0 Å². The molecule has 0 aliphatic carbocycles. The van der Waals surface area contributed by atoms with Gasteiger partial charge in [0.2, 0.25) is 0 Å². The van der Waals surface area contributed by atoms with E-state index in [1.807, 2.05) is 24.3 Å². The number of rotatable bonds is 9. The van der Waals surface area contributed by atoms with Crippen LogP contribution in [0.5, 0.6) is 0 Å². The Balaban J connectivity index is 2.02. The van der Waals surface area contributed by atoms with Gasteiger partial charge >= 0.3 is 0 Å². The average Bonchev–Trinajstić information content (AvgIpc) is 2.62. The van der Waals surface area contributed by atoms with Gasteiger partial charge in [-0.15, -0.1) is 0 Å². The monoisotopic (exact) mass is 310 g/mol. The minimum absolute atomic E-state index is 0.816. The van der Waals surface area contributed by atoms with E-state index in [0.717, 1.165) is 24.5 Å². The first-order chi connectivity index (χ1) is 11.3. The zero-order valence-corrected chi connectivity index (χ0v) is 14.2. The Hall–Kier alpha value is -2.23. The molecular formula is C19H26N4. The second-order valence-corrected chi connectivity index (χ2v) is 5.62. The number of aromatic nitrogens is 1. The van der Waals surface area contributed by atoms with Gasteiger partial charge in [0.05, 0.1) is 11.4 Å². The maximum atomic E-state index is 4.28. The Kier molecular flexibility index (Phi) is 7.24. The van der Waals surface area contributed by atoms with Gasteiger partial charge in [-0.3, -0.25) is 4.98 Å². The highest BCUT2D eigenvalue weighted by Crippen LogP contribution is 2.22. The van der Waals surface area contributed by atoms with Crippen molar-refractivity contribution in [3.8, 4) is 0 Å². The van der Waals surface area contributed by atoms with Crippen LogP contribution in [0.15, 0.2) is 59.0 Å². The van der Waals surface area contributed by atoms with Crippen molar-refractivity contribution in [3.63, 3.8) is 0 Å². The fraction of sp³-hybridized carbons (Fsp3) is 0.421. The predicted molar refractivity (Wildman–Crippen MR) is 96.9 cm³/mol. The van der Waals surface area contributed by atoms with Crippen LogP contribution in [-0.4, -0.2) is 18.1 Å². The number of benzene rings is 1. The predicted octanol–water partition coefficient (Wildman–Crippen LogP) is 5.90. The van der Waals surface area contributed by atoms with Gasteiger partial charge in [-0.05, 0) is 49.2 Å². The van der Waals surface area contributed by atoms with E-state index in [1.165, 1.54) is 31.4 Å². The molecule has 0 spiro atoms. The lowest BCUT2D eigenvalue weighted by molar-refractivity contribution is 0.678. The molecule has 4 nitrogen and oxygen atoms in total. The third-order valence-electron chi connectivity index (χ3n) is 3.72. The maximum absolute atomic E-state index is 4.28. The first-order valence-corrected chi connectivity index (χ1v) is 8.50. The summed E-state index contributed by atoms with van der Waals surface area (Å²) in [6.45, 7) is 6.71. The summed E-state index contributed by atoms with van der Waals surface area (Å²) in [4.78, 5) is 6.44. The lowest BCUT2D eigenvalue weighted by Gasteiger charge is -2.24. The van der Waals surface area contributed by atoms with E-state index < -0.39 is 0 Å². The van der Waals surface area contributed by atoms with Crippen LogP contribution >= 0.6 is 0 Å². The van der Waals surface area contributed by atoms with Crippen molar-refractivity contribution in [2.75, 3.05) is 18.0 Å². The Morgan fingerprint density at radius 1 is 0.783 bits per heavy atom. The third-order valence-corrected chi connectivity index (χ3v) is 3.72. The van der Waals surface area contributed by atoms with Gasteiger partial charge in [-0.2, -0.15) is 10.2 Å². The van der Waals surface area contributed by atoms with Crippen LogP contribution in [0.1, 0.15) is 39.5 Å². The molecule has 0 aliphatic rings. The Labute approximate surface area is 139 Å². The van der Waals surface area contributed by atoms with Crippen molar-refractivity contribution in [2.45, 2.75) is 39.5 Å². The van der Waals surface area contributed by atoms with Crippen molar-refractivity contribution >= 4 is 17.1 Å². The van der Waals surface area contributed by atoms with E-state index in [0.29, 0.717) is 0 Å². The Morgan fingerprint density at radius 3 is 1.83 bits per heavy atom. The zero-order chi connectivity index (χ0) is 16.3. The molecule has 1 aromatic carbocycles. The minimum atomic E-state index is 0.816. The lowest BCUT2D eigenvalue weighted by atomic mass is 10.2. The smallest absolute Gasteiger partial charge is 0.0887 e. The highest BCUT2D eigenvalue weighted by Gasteiger charge is 2.05. The quantitative estimate of drug-likeness (QED) is 0.541. The van der Waals surface area contributed by atoms with Crippen LogP contribution in [-0.2, 0) is 0 Å². The van der Waals surface area contributed by atoms with Gasteiger partial charge in [0.15, 0.2) is 0 Å². The molecule has 4 heteroatoms. The molecule has 0 amide bonds. The standard InChI is InChI=1S/C19H26N4/c1-3-5-15-23(16-6-4-2)19-9-7-17(8-10-19)21-22-18-11-13-20-14-12-18/h7-14H,3-6,15-16H2,1-2H3. The molecule has 0 saturated heterocycles. The van der Waals surface area contributed by atoms with E-state index in [2.05, 4.69) is 46.1 Å². The minimum Gasteiger partial charge on any atom is -0.372 e. The number of nitrogens with zero attached hydrogens (tertiary/aromatic N) is 4. The number of hydrogen-bond donors (Lipinski definition) is 0. The summed E-state index contributed by atoms with van der Waals surface area (Å²) in [5.41, 5.74) is 2.96. The van der Waals surface area contributed by atoms with Crippen LogP contribution in [0.3, 0.4) is 0 Å². The maximum Gasteiger partial charge on any atom is 0.0887 e. The summed E-state index contributed by atoms with van der Waals surface area (Å²) in [6.07, 6.45) is 8.34. The molecule has 0 fully saturated rings. The van der Waals surface area contributed by atoms with Gasteiger partial charge in [0.1, 0.15) is 0 Å². The van der Waals surface area contributed by atoms with Crippen molar-refractivity contribution in [2.24, 2.45) is 10.2 Å². The van der Waals surface area contributed by atoms with Crippen LogP contribution in [0.2, 0.25) is 0 Å². The van der Waals surface area contributed by atoms with Gasteiger partial charge in [0.25, 0.3) is 0 Å². The molecule has 1 heterocycles. The van der Waals surface area contributed by atoms with Gasteiger partial charge in [0, 0.05) is 31.2 Å². The second-order valence-electron chi connectivity index (χ2n) is 5.62. The summed E-state index contributed by atoms with van der Waals surface area (Å²) >= 11 is 0. The normalized spacial score (nSPS) is 11.0. The van der Waals surface area contributed by atoms with Crippen molar-refractivity contribution in [1.82, 2.24) is 4.98 Å². The van der Waals surface area contributed by atoms with Crippen molar-refractivity contribution < 1.29 is 0 Å². The highest BCUT2D eigenvalue weighted by atomic mass is 15.1. The fourth-order valence-corrected chi connectivity index (χ4v) is 2.32. The van der Waals surface area contributed by atoms with E-state index in [1.54, 1.807) is 12.4 Å². The van der Waals surface area contributed by atoms with E-state index in [9.17, 15) is 0 Å². The molecule has 2 aromatic rings. The summed E-state index contributed by atoms with van der Waals surface area (Å²) in [7, 11) is 0. The number of hydrogen-bond acceptors (Lipinski definition) is 4. The van der Waals surface area contributed by atoms with Crippen LogP contribution < -0.4 is 4.90 Å². The number of azo groups is 1. The van der Waals surface area contributed by atoms with Gasteiger partial charge < -0.3 is 4.90 Å². The molecule has 2 rings (SSSR count). The molecule has 0 aliphatic heterocycles. The summed E-state index contributed by atoms with van der Waals surface area (Å²) in [5.74, 6) is 0. The molecule has 0 unspecified atom stereocenters. The van der Waals surface area contributed by atoms with Gasteiger partial charge in [-0.25, -0.2) is 0 Å². The summed E-state index contributed by atoms with van der Waals surface area (Å²) in [5, 5.41) is 8.50. The SMILES string of the molecule is CCCCN(CCCC)c1ccc(N=Nc2ccncc2)cc1. The third kappa shape index (κ3) is 5.81. The Morgan fingerprint density at radius 2 is 1.30 bits per heavy atom.